The van der Waals surface area contributed by atoms with Crippen LogP contribution in [0.2, 0.25) is 10.0 Å². The highest BCUT2D eigenvalue weighted by atomic mass is 35.5. The minimum absolute atomic E-state index is 0.0464. The summed E-state index contributed by atoms with van der Waals surface area (Å²) in [6.45, 7) is -2.89. The van der Waals surface area contributed by atoms with Gasteiger partial charge in [0.05, 0.1) is 5.02 Å². The van der Waals surface area contributed by atoms with E-state index in [1.165, 1.54) is 12.1 Å². The summed E-state index contributed by atoms with van der Waals surface area (Å²) >= 11 is 11.3. The summed E-state index contributed by atoms with van der Waals surface area (Å²) in [4.78, 5) is 0. The fourth-order valence-electron chi connectivity index (χ4n) is 0.949. The van der Waals surface area contributed by atoms with Crippen LogP contribution in [-0.2, 0) is 6.54 Å². The van der Waals surface area contributed by atoms with Gasteiger partial charge in [0, 0.05) is 12.1 Å². The van der Waals surface area contributed by atoms with Crippen LogP contribution in [0.1, 0.15) is 5.56 Å². The van der Waals surface area contributed by atoms with Crippen LogP contribution in [-0.4, -0.2) is 6.61 Å². The largest absolute Gasteiger partial charge is 0.433 e. The fourth-order valence-corrected chi connectivity index (χ4v) is 1.33. The molecule has 2 nitrogen and oxygen atoms in total. The molecule has 0 unspecified atom stereocenters. The van der Waals surface area contributed by atoms with Gasteiger partial charge in [-0.1, -0.05) is 29.3 Å². The van der Waals surface area contributed by atoms with E-state index in [9.17, 15) is 8.78 Å². The Kier molecular flexibility index (Phi) is 3.92. The average molecular weight is 242 g/mol. The van der Waals surface area contributed by atoms with Crippen LogP contribution in [0.4, 0.5) is 8.78 Å². The van der Waals surface area contributed by atoms with Crippen LogP contribution in [0.5, 0.6) is 5.75 Å². The molecular formula is C8H7Cl2F2NO. The molecule has 0 saturated carbocycles. The minimum atomic E-state index is -2.95. The monoisotopic (exact) mass is 241 g/mol. The quantitative estimate of drug-likeness (QED) is 0.883. The summed E-state index contributed by atoms with van der Waals surface area (Å²) in [5.74, 6) is -0.156. The standard InChI is InChI=1S/C8H7Cl2F2NO/c9-5-2-1-4(3-13)7(6(5)10)14-8(11)12/h1-2,8H,3,13H2. The molecule has 2 N–H and O–H groups in total. The van der Waals surface area contributed by atoms with E-state index in [2.05, 4.69) is 4.74 Å². The summed E-state index contributed by atoms with van der Waals surface area (Å²) < 4.78 is 28.2. The van der Waals surface area contributed by atoms with Crippen molar-refractivity contribution in [2.24, 2.45) is 5.73 Å². The van der Waals surface area contributed by atoms with E-state index in [1.54, 1.807) is 0 Å². The minimum Gasteiger partial charge on any atom is -0.433 e. The summed E-state index contributed by atoms with van der Waals surface area (Å²) in [6.07, 6.45) is 0. The Labute approximate surface area is 89.6 Å². The molecule has 0 heterocycles. The highest BCUT2D eigenvalue weighted by Crippen LogP contribution is 2.35. The number of ether oxygens (including phenoxy) is 1. The molecule has 78 valence electrons. The summed E-state index contributed by atoms with van der Waals surface area (Å²) in [7, 11) is 0. The maximum absolute atomic E-state index is 12.0. The number of rotatable bonds is 3. The number of hydrogen-bond donors (Lipinski definition) is 1. The Bertz CT molecular complexity index is 333. The van der Waals surface area contributed by atoms with Gasteiger partial charge in [-0.3, -0.25) is 0 Å². The van der Waals surface area contributed by atoms with Crippen molar-refractivity contribution in [1.29, 1.82) is 0 Å². The van der Waals surface area contributed by atoms with Crippen LogP contribution in [0.25, 0.3) is 0 Å². The van der Waals surface area contributed by atoms with Gasteiger partial charge in [0.1, 0.15) is 5.02 Å². The van der Waals surface area contributed by atoms with Crippen LogP contribution >= 0.6 is 23.2 Å². The van der Waals surface area contributed by atoms with Crippen molar-refractivity contribution in [3.05, 3.63) is 27.7 Å². The van der Waals surface area contributed by atoms with Crippen molar-refractivity contribution >= 4 is 23.2 Å². The molecule has 0 radical (unpaired) electrons. The van der Waals surface area contributed by atoms with Gasteiger partial charge in [0.15, 0.2) is 5.75 Å². The SMILES string of the molecule is NCc1ccc(Cl)c(Cl)c1OC(F)F. The lowest BCUT2D eigenvalue weighted by molar-refractivity contribution is -0.0503. The van der Waals surface area contributed by atoms with Gasteiger partial charge in [-0.15, -0.1) is 0 Å². The normalized spacial score (nSPS) is 10.7. The van der Waals surface area contributed by atoms with Gasteiger partial charge in [0.25, 0.3) is 0 Å². The lowest BCUT2D eigenvalue weighted by atomic mass is 10.2. The Balaban J connectivity index is 3.14. The first-order valence-corrected chi connectivity index (χ1v) is 4.43. The maximum Gasteiger partial charge on any atom is 0.387 e. The second-order valence-corrected chi connectivity index (χ2v) is 3.22. The summed E-state index contributed by atoms with van der Waals surface area (Å²) in [6, 6.07) is 2.97. The molecule has 0 aliphatic carbocycles. The van der Waals surface area contributed by atoms with E-state index in [4.69, 9.17) is 28.9 Å². The smallest absolute Gasteiger partial charge is 0.387 e. The molecule has 0 aliphatic rings. The van der Waals surface area contributed by atoms with E-state index >= 15 is 0 Å². The molecule has 0 aliphatic heterocycles. The lowest BCUT2D eigenvalue weighted by Gasteiger charge is -2.11. The first-order valence-electron chi connectivity index (χ1n) is 3.68. The third-order valence-corrected chi connectivity index (χ3v) is 2.35. The second kappa shape index (κ2) is 4.77. The molecule has 0 atom stereocenters. The van der Waals surface area contributed by atoms with Gasteiger partial charge in [-0.25, -0.2) is 0 Å². The van der Waals surface area contributed by atoms with Crippen molar-refractivity contribution in [1.82, 2.24) is 0 Å². The van der Waals surface area contributed by atoms with Crippen molar-refractivity contribution in [2.45, 2.75) is 13.2 Å². The van der Waals surface area contributed by atoms with E-state index < -0.39 is 6.61 Å². The second-order valence-electron chi connectivity index (χ2n) is 2.43. The van der Waals surface area contributed by atoms with E-state index in [1.807, 2.05) is 0 Å². The van der Waals surface area contributed by atoms with E-state index in [0.29, 0.717) is 5.56 Å². The van der Waals surface area contributed by atoms with E-state index in [-0.39, 0.29) is 22.3 Å². The number of hydrogen-bond acceptors (Lipinski definition) is 2. The maximum atomic E-state index is 12.0. The van der Waals surface area contributed by atoms with Gasteiger partial charge in [0.2, 0.25) is 0 Å². The van der Waals surface area contributed by atoms with Crippen molar-refractivity contribution in [2.75, 3.05) is 0 Å². The van der Waals surface area contributed by atoms with Gasteiger partial charge < -0.3 is 10.5 Å². The van der Waals surface area contributed by atoms with E-state index in [0.717, 1.165) is 0 Å². The van der Waals surface area contributed by atoms with Crippen LogP contribution in [0, 0.1) is 0 Å². The molecule has 1 aromatic carbocycles. The zero-order valence-electron chi connectivity index (χ0n) is 6.94. The molecule has 0 aromatic heterocycles. The average Bonchev–Trinajstić information content (AvgIpc) is 2.13. The van der Waals surface area contributed by atoms with Gasteiger partial charge in [-0.05, 0) is 6.07 Å². The molecule has 1 aromatic rings. The Morgan fingerprint density at radius 3 is 2.50 bits per heavy atom. The molecule has 0 fully saturated rings. The number of alkyl halides is 2. The lowest BCUT2D eigenvalue weighted by Crippen LogP contribution is -2.07. The van der Waals surface area contributed by atoms with Crippen LogP contribution in [0.3, 0.4) is 0 Å². The van der Waals surface area contributed by atoms with Crippen molar-refractivity contribution in [3.63, 3.8) is 0 Å². The molecule has 0 spiro atoms. The summed E-state index contributed by atoms with van der Waals surface area (Å²) in [5, 5.41) is 0.106. The summed E-state index contributed by atoms with van der Waals surface area (Å²) in [5.41, 5.74) is 5.71. The Hall–Kier alpha value is -0.580. The predicted octanol–water partition coefficient (Wildman–Crippen LogP) is 3.05. The predicted molar refractivity (Wildman–Crippen MR) is 51.0 cm³/mol. The molecule has 0 saturated heterocycles. The number of halogens is 4. The highest BCUT2D eigenvalue weighted by molar-refractivity contribution is 6.43. The topological polar surface area (TPSA) is 35.2 Å². The molecular weight excluding hydrogens is 235 g/mol. The fraction of sp³-hybridized carbons (Fsp3) is 0.250. The van der Waals surface area contributed by atoms with Crippen LogP contribution < -0.4 is 10.5 Å². The van der Waals surface area contributed by atoms with Gasteiger partial charge >= 0.3 is 6.61 Å². The zero-order valence-corrected chi connectivity index (χ0v) is 8.45. The van der Waals surface area contributed by atoms with Crippen LogP contribution in [0.15, 0.2) is 12.1 Å². The molecule has 6 heteroatoms. The zero-order chi connectivity index (χ0) is 10.7. The molecule has 1 rings (SSSR count). The highest BCUT2D eigenvalue weighted by Gasteiger charge is 2.15. The van der Waals surface area contributed by atoms with Gasteiger partial charge in [-0.2, -0.15) is 8.78 Å². The number of nitrogens with two attached hydrogens (primary N) is 1. The molecule has 0 bridgehead atoms. The Morgan fingerprint density at radius 2 is 2.00 bits per heavy atom. The number of benzene rings is 1. The first kappa shape index (κ1) is 11.5. The van der Waals surface area contributed by atoms with Crippen molar-refractivity contribution in [3.8, 4) is 5.75 Å². The third kappa shape index (κ3) is 2.47. The molecule has 14 heavy (non-hydrogen) atoms. The molecule has 0 amide bonds. The third-order valence-electron chi connectivity index (χ3n) is 1.56. The Morgan fingerprint density at radius 1 is 1.36 bits per heavy atom. The first-order chi connectivity index (χ1) is 6.56. The van der Waals surface area contributed by atoms with Crippen molar-refractivity contribution < 1.29 is 13.5 Å².